The van der Waals surface area contributed by atoms with Crippen LogP contribution in [-0.4, -0.2) is 5.25 Å². The monoisotopic (exact) mass is 128 g/mol. The normalized spacial score (nSPS) is 14.2. The molecule has 0 nitrogen and oxygen atoms in total. The van der Waals surface area contributed by atoms with Crippen LogP contribution in [0.5, 0.6) is 0 Å². The van der Waals surface area contributed by atoms with Gasteiger partial charge in [-0.3, -0.25) is 0 Å². The van der Waals surface area contributed by atoms with E-state index in [0.717, 1.165) is 6.42 Å². The number of thiol groups is 1. The van der Waals surface area contributed by atoms with E-state index < -0.39 is 0 Å². The van der Waals surface area contributed by atoms with Gasteiger partial charge in [-0.25, -0.2) is 0 Å². The highest BCUT2D eigenvalue weighted by Gasteiger charge is 1.85. The summed E-state index contributed by atoms with van der Waals surface area (Å²) in [4.78, 5) is 0. The molecule has 8 heavy (non-hydrogen) atoms. The molecular weight excluding hydrogens is 116 g/mol. The first-order valence-electron chi connectivity index (χ1n) is 2.73. The molecule has 46 valence electrons. The van der Waals surface area contributed by atoms with Crippen LogP contribution in [0.2, 0.25) is 0 Å². The van der Waals surface area contributed by atoms with Crippen molar-refractivity contribution in [3.8, 4) is 0 Å². The number of rotatable bonds is 3. The first-order chi connectivity index (χ1) is 3.77. The van der Waals surface area contributed by atoms with Crippen LogP contribution in [0.3, 0.4) is 0 Å². The van der Waals surface area contributed by atoms with E-state index in [-0.39, 0.29) is 0 Å². The van der Waals surface area contributed by atoms with Crippen LogP contribution in [0, 0.1) is 0 Å². The van der Waals surface area contributed by atoms with Gasteiger partial charge >= 0.3 is 0 Å². The molecule has 0 aromatic heterocycles. The summed E-state index contributed by atoms with van der Waals surface area (Å²) in [6, 6.07) is 0. The Morgan fingerprint density at radius 3 is 2.75 bits per heavy atom. The highest BCUT2D eigenvalue weighted by molar-refractivity contribution is 7.80. The molecule has 0 spiro atoms. The maximum absolute atomic E-state index is 4.19. The maximum Gasteiger partial charge on any atom is 0.00230 e. The highest BCUT2D eigenvalue weighted by atomic mass is 32.1. The predicted molar refractivity (Wildman–Crippen MR) is 42.4 cm³/mol. The van der Waals surface area contributed by atoms with E-state index in [2.05, 4.69) is 32.2 Å². The molecule has 0 fully saturated rings. The molecule has 0 aromatic rings. The van der Waals surface area contributed by atoms with Crippen molar-refractivity contribution < 1.29 is 0 Å². The smallest absolute Gasteiger partial charge is 0.00230 e. The van der Waals surface area contributed by atoms with Crippen LogP contribution in [0.25, 0.3) is 0 Å². The Kier molecular flexibility index (Phi) is 4.87. The van der Waals surface area contributed by atoms with Gasteiger partial charge in [0.2, 0.25) is 0 Å². The molecule has 0 saturated heterocycles. The molecule has 0 aromatic carbocycles. The standard InChI is InChI=1S/C7H12S/c1-3-4-5-6-7(2)8/h3-5,7-8H,1,6H2,2H3. The molecule has 0 amide bonds. The summed E-state index contributed by atoms with van der Waals surface area (Å²) in [7, 11) is 0. The van der Waals surface area contributed by atoms with Crippen molar-refractivity contribution >= 4 is 12.6 Å². The summed E-state index contributed by atoms with van der Waals surface area (Å²) < 4.78 is 0. The molecule has 0 saturated carbocycles. The van der Waals surface area contributed by atoms with E-state index in [4.69, 9.17) is 0 Å². The highest BCUT2D eigenvalue weighted by Crippen LogP contribution is 1.98. The van der Waals surface area contributed by atoms with E-state index in [9.17, 15) is 0 Å². The lowest BCUT2D eigenvalue weighted by Crippen LogP contribution is -1.84. The second-order valence-electron chi connectivity index (χ2n) is 1.75. The summed E-state index contributed by atoms with van der Waals surface area (Å²) in [5.74, 6) is 0. The Labute approximate surface area is 56.7 Å². The van der Waals surface area contributed by atoms with Crippen LogP contribution >= 0.6 is 12.6 Å². The average molecular weight is 128 g/mol. The van der Waals surface area contributed by atoms with Gasteiger partial charge in [-0.15, -0.1) is 0 Å². The quantitative estimate of drug-likeness (QED) is 0.438. The van der Waals surface area contributed by atoms with Crippen LogP contribution in [-0.2, 0) is 0 Å². The fourth-order valence-corrected chi connectivity index (χ4v) is 0.493. The van der Waals surface area contributed by atoms with Crippen molar-refractivity contribution in [3.63, 3.8) is 0 Å². The third-order valence-electron chi connectivity index (χ3n) is 0.749. The van der Waals surface area contributed by atoms with Gasteiger partial charge in [-0.1, -0.05) is 31.7 Å². The zero-order chi connectivity index (χ0) is 6.41. The molecular formula is C7H12S. The van der Waals surface area contributed by atoms with E-state index >= 15 is 0 Å². The zero-order valence-corrected chi connectivity index (χ0v) is 6.07. The van der Waals surface area contributed by atoms with E-state index in [0.29, 0.717) is 5.25 Å². The molecule has 0 heterocycles. The maximum atomic E-state index is 4.19. The summed E-state index contributed by atoms with van der Waals surface area (Å²) in [5, 5.41) is 0.464. The number of allylic oxidation sites excluding steroid dienone is 3. The fourth-order valence-electron chi connectivity index (χ4n) is 0.372. The Bertz CT molecular complexity index is 82.4. The molecule has 0 aliphatic rings. The topological polar surface area (TPSA) is 0 Å². The Balaban J connectivity index is 3.15. The first-order valence-corrected chi connectivity index (χ1v) is 3.24. The van der Waals surface area contributed by atoms with Crippen molar-refractivity contribution in [1.29, 1.82) is 0 Å². The third kappa shape index (κ3) is 5.83. The molecule has 0 bridgehead atoms. The van der Waals surface area contributed by atoms with Crippen LogP contribution in [0.15, 0.2) is 24.8 Å². The average Bonchev–Trinajstić information content (AvgIpc) is 1.66. The van der Waals surface area contributed by atoms with Gasteiger partial charge in [0.1, 0.15) is 0 Å². The summed E-state index contributed by atoms with van der Waals surface area (Å²) in [6.45, 7) is 5.61. The molecule has 1 atom stereocenters. The summed E-state index contributed by atoms with van der Waals surface area (Å²) in [5.41, 5.74) is 0. The molecule has 1 unspecified atom stereocenters. The predicted octanol–water partition coefficient (Wildman–Crippen LogP) is 2.44. The van der Waals surface area contributed by atoms with Gasteiger partial charge in [0.15, 0.2) is 0 Å². The van der Waals surface area contributed by atoms with Gasteiger partial charge < -0.3 is 0 Å². The van der Waals surface area contributed by atoms with Crippen LogP contribution in [0.4, 0.5) is 0 Å². The van der Waals surface area contributed by atoms with Crippen molar-refractivity contribution in [3.05, 3.63) is 24.8 Å². The molecule has 0 aliphatic heterocycles. The van der Waals surface area contributed by atoms with Gasteiger partial charge in [-0.05, 0) is 6.42 Å². The fraction of sp³-hybridized carbons (Fsp3) is 0.429. The Hall–Kier alpha value is -0.170. The van der Waals surface area contributed by atoms with Crippen molar-refractivity contribution in [2.75, 3.05) is 0 Å². The van der Waals surface area contributed by atoms with Crippen molar-refractivity contribution in [2.45, 2.75) is 18.6 Å². The van der Waals surface area contributed by atoms with E-state index in [1.54, 1.807) is 6.08 Å². The summed E-state index contributed by atoms with van der Waals surface area (Å²) >= 11 is 4.19. The van der Waals surface area contributed by atoms with E-state index in [1.165, 1.54) is 0 Å². The van der Waals surface area contributed by atoms with Gasteiger partial charge in [0, 0.05) is 5.25 Å². The zero-order valence-electron chi connectivity index (χ0n) is 5.17. The minimum atomic E-state index is 0.464. The molecule has 0 aliphatic carbocycles. The second-order valence-corrected chi connectivity index (χ2v) is 2.63. The SMILES string of the molecule is C=CC=CCC(C)S. The van der Waals surface area contributed by atoms with Crippen LogP contribution < -0.4 is 0 Å². The molecule has 0 N–H and O–H groups in total. The number of hydrogen-bond acceptors (Lipinski definition) is 1. The largest absolute Gasteiger partial charge is 0.176 e. The lowest BCUT2D eigenvalue weighted by molar-refractivity contribution is 0.990. The molecule has 0 rings (SSSR count). The molecule has 1 heteroatoms. The third-order valence-corrected chi connectivity index (χ3v) is 0.960. The van der Waals surface area contributed by atoms with Gasteiger partial charge in [0.05, 0.1) is 0 Å². The Morgan fingerprint density at radius 2 is 2.38 bits per heavy atom. The lowest BCUT2D eigenvalue weighted by atomic mass is 10.3. The minimum absolute atomic E-state index is 0.464. The minimum Gasteiger partial charge on any atom is -0.176 e. The number of hydrogen-bond donors (Lipinski definition) is 1. The molecule has 0 radical (unpaired) electrons. The van der Waals surface area contributed by atoms with E-state index in [1.807, 2.05) is 6.08 Å². The first kappa shape index (κ1) is 7.83. The Morgan fingerprint density at radius 1 is 1.75 bits per heavy atom. The van der Waals surface area contributed by atoms with Gasteiger partial charge in [0.25, 0.3) is 0 Å². The lowest BCUT2D eigenvalue weighted by Gasteiger charge is -1.93. The van der Waals surface area contributed by atoms with Crippen molar-refractivity contribution in [1.82, 2.24) is 0 Å². The summed E-state index contributed by atoms with van der Waals surface area (Å²) in [6.07, 6.45) is 6.79. The van der Waals surface area contributed by atoms with Crippen LogP contribution in [0.1, 0.15) is 13.3 Å². The second kappa shape index (κ2) is 4.98. The van der Waals surface area contributed by atoms with Crippen molar-refractivity contribution in [2.24, 2.45) is 0 Å². The van der Waals surface area contributed by atoms with Gasteiger partial charge in [-0.2, -0.15) is 12.6 Å².